The maximum Gasteiger partial charge on any atom is 0.414 e. The third-order valence-corrected chi connectivity index (χ3v) is 18.7. The fourth-order valence-corrected chi connectivity index (χ4v) is 7.50. The van der Waals surface area contributed by atoms with Gasteiger partial charge in [0.15, 0.2) is 34.0 Å². The van der Waals surface area contributed by atoms with Gasteiger partial charge in [0.2, 0.25) is 5.95 Å². The predicted molar refractivity (Wildman–Crippen MR) is 185 cm³/mol. The van der Waals surface area contributed by atoms with E-state index in [4.69, 9.17) is 18.3 Å². The monoisotopic (exact) mass is 704 g/mol. The summed E-state index contributed by atoms with van der Waals surface area (Å²) in [4.78, 5) is 48.2. The van der Waals surface area contributed by atoms with Crippen LogP contribution in [0, 0.1) is 10.1 Å². The zero-order chi connectivity index (χ0) is 36.0. The van der Waals surface area contributed by atoms with Crippen molar-refractivity contribution >= 4 is 45.5 Å². The lowest BCUT2D eigenvalue weighted by molar-refractivity contribution is -0.386. The van der Waals surface area contributed by atoms with E-state index >= 15 is 0 Å². The highest BCUT2D eigenvalue weighted by molar-refractivity contribution is 6.74. The van der Waals surface area contributed by atoms with Crippen molar-refractivity contribution in [3.8, 4) is 0 Å². The lowest BCUT2D eigenvalue weighted by atomic mass is 10.1. The minimum absolute atomic E-state index is 0.00816. The number of nitro benzene ring substituents is 1. The molecule has 5 atom stereocenters. The van der Waals surface area contributed by atoms with Gasteiger partial charge in [-0.05, 0) is 49.3 Å². The number of amides is 1. The van der Waals surface area contributed by atoms with Gasteiger partial charge in [0.05, 0.1) is 23.4 Å². The first kappa shape index (κ1) is 37.3. The summed E-state index contributed by atoms with van der Waals surface area (Å²) in [5.41, 5.74) is -0.539. The normalized spacial score (nSPS) is 21.3. The predicted octanol–water partition coefficient (Wildman–Crippen LogP) is 6.01. The number of hydrogen-bond acceptors (Lipinski definition) is 11. The third-order valence-electron chi connectivity index (χ3n) is 9.72. The third kappa shape index (κ3) is 7.55. The molecule has 0 saturated carbocycles. The maximum absolute atomic E-state index is 13.1. The van der Waals surface area contributed by atoms with Gasteiger partial charge in [-0.2, -0.15) is 4.98 Å². The molecule has 0 spiro atoms. The Hall–Kier alpha value is -3.49. The van der Waals surface area contributed by atoms with E-state index in [-0.39, 0.29) is 45.0 Å². The van der Waals surface area contributed by atoms with Gasteiger partial charge >= 0.3 is 6.09 Å². The second-order valence-electron chi connectivity index (χ2n) is 15.2. The number of hydrogen-bond donors (Lipinski definition) is 3. The molecule has 0 bridgehead atoms. The molecular weight excluding hydrogens is 657 g/mol. The molecule has 17 heteroatoms. The van der Waals surface area contributed by atoms with Crippen LogP contribution >= 0.6 is 0 Å². The fraction of sp³-hybridized carbons (Fsp3) is 0.613. The number of anilines is 1. The molecule has 4 rings (SSSR count). The van der Waals surface area contributed by atoms with Gasteiger partial charge in [0.1, 0.15) is 24.4 Å². The van der Waals surface area contributed by atoms with E-state index < -0.39 is 63.9 Å². The van der Waals surface area contributed by atoms with Crippen molar-refractivity contribution in [3.63, 3.8) is 0 Å². The molecule has 1 saturated heterocycles. The lowest BCUT2D eigenvalue weighted by Gasteiger charge is -2.44. The minimum Gasteiger partial charge on any atom is -0.441 e. The molecule has 1 aliphatic heterocycles. The van der Waals surface area contributed by atoms with Crippen molar-refractivity contribution in [2.45, 2.75) is 115 Å². The van der Waals surface area contributed by atoms with Gasteiger partial charge < -0.3 is 23.4 Å². The number of nitrogens with zero attached hydrogens (tertiary/aromatic N) is 4. The van der Waals surface area contributed by atoms with Gasteiger partial charge in [0, 0.05) is 6.07 Å². The molecule has 3 N–H and O–H groups in total. The molecule has 3 aromatic rings. The Morgan fingerprint density at radius 3 is 2.25 bits per heavy atom. The number of imidazole rings is 1. The number of aromatic amines is 1. The number of carbonyl (C=O) groups excluding carboxylic acids is 1. The summed E-state index contributed by atoms with van der Waals surface area (Å²) in [5.74, 6) is -0.235. The Labute approximate surface area is 281 Å². The molecule has 3 heterocycles. The van der Waals surface area contributed by atoms with Crippen LogP contribution in [0.4, 0.5) is 16.4 Å². The molecule has 0 radical (unpaired) electrons. The molecular formula is C31H48N6O9Si2. The number of benzene rings is 1. The summed E-state index contributed by atoms with van der Waals surface area (Å²) in [6.45, 7) is 22.4. The molecule has 15 nitrogen and oxygen atoms in total. The topological polar surface area (TPSA) is 193 Å². The largest absolute Gasteiger partial charge is 0.441 e. The van der Waals surface area contributed by atoms with Gasteiger partial charge in [-0.15, -0.1) is 0 Å². The second kappa shape index (κ2) is 13.4. The molecule has 1 aliphatic rings. The molecule has 264 valence electrons. The van der Waals surface area contributed by atoms with E-state index in [1.165, 1.54) is 31.5 Å². The average Bonchev–Trinajstić information content (AvgIpc) is 3.52. The summed E-state index contributed by atoms with van der Waals surface area (Å²) < 4.78 is 27.3. The van der Waals surface area contributed by atoms with Crippen LogP contribution in [0.3, 0.4) is 0 Å². The zero-order valence-corrected chi connectivity index (χ0v) is 31.5. The number of nitrogens with one attached hydrogen (secondary N) is 2. The van der Waals surface area contributed by atoms with Crippen molar-refractivity contribution in [1.82, 2.24) is 19.5 Å². The Morgan fingerprint density at radius 2 is 1.69 bits per heavy atom. The lowest BCUT2D eigenvalue weighted by Crippen LogP contribution is -2.53. The number of rotatable bonds is 10. The highest BCUT2D eigenvalue weighted by Crippen LogP contribution is 2.46. The van der Waals surface area contributed by atoms with Crippen molar-refractivity contribution in [2.75, 3.05) is 11.9 Å². The van der Waals surface area contributed by atoms with E-state index in [0.29, 0.717) is 0 Å². The van der Waals surface area contributed by atoms with E-state index in [0.717, 1.165) is 0 Å². The Bertz CT molecular complexity index is 1710. The van der Waals surface area contributed by atoms with Crippen LogP contribution < -0.4 is 10.9 Å². The summed E-state index contributed by atoms with van der Waals surface area (Å²) in [6, 6.07) is 5.93. The number of carbonyl (C=O) groups is 1. The zero-order valence-electron chi connectivity index (χ0n) is 29.5. The van der Waals surface area contributed by atoms with E-state index in [1.54, 1.807) is 10.6 Å². The minimum atomic E-state index is -2.46. The first-order valence-electron chi connectivity index (χ1n) is 15.9. The van der Waals surface area contributed by atoms with Crippen LogP contribution in [0.2, 0.25) is 36.3 Å². The van der Waals surface area contributed by atoms with Crippen LogP contribution in [-0.2, 0) is 18.3 Å². The van der Waals surface area contributed by atoms with E-state index in [9.17, 15) is 24.8 Å². The van der Waals surface area contributed by atoms with Crippen molar-refractivity contribution < 1.29 is 33.2 Å². The molecule has 1 amide bonds. The van der Waals surface area contributed by atoms with Crippen molar-refractivity contribution in [3.05, 3.63) is 56.6 Å². The second-order valence-corrected chi connectivity index (χ2v) is 24.7. The summed E-state index contributed by atoms with van der Waals surface area (Å²) in [7, 11) is -4.85. The van der Waals surface area contributed by atoms with Gasteiger partial charge in [-0.25, -0.2) is 9.78 Å². The Kier molecular flexibility index (Phi) is 10.4. The number of aliphatic hydroxyl groups is 1. The number of ether oxygens (including phenoxy) is 2. The highest BCUT2D eigenvalue weighted by Gasteiger charge is 2.54. The van der Waals surface area contributed by atoms with Crippen LogP contribution in [0.15, 0.2) is 35.4 Å². The van der Waals surface area contributed by atoms with Crippen LogP contribution in [0.25, 0.3) is 11.2 Å². The quantitative estimate of drug-likeness (QED) is 0.127. The Balaban J connectivity index is 1.71. The van der Waals surface area contributed by atoms with Crippen molar-refractivity contribution in [2.24, 2.45) is 0 Å². The Morgan fingerprint density at radius 1 is 1.10 bits per heavy atom. The smallest absolute Gasteiger partial charge is 0.414 e. The fourth-order valence-electron chi connectivity index (χ4n) is 4.90. The number of aliphatic hydroxyl groups excluding tert-OH is 1. The number of para-hydroxylation sites is 1. The first-order chi connectivity index (χ1) is 22.1. The van der Waals surface area contributed by atoms with Gasteiger partial charge in [0.25, 0.3) is 11.2 Å². The van der Waals surface area contributed by atoms with Crippen LogP contribution in [-0.4, -0.2) is 77.2 Å². The number of fused-ring (bicyclic) bond motifs is 1. The van der Waals surface area contributed by atoms with Crippen LogP contribution in [0.1, 0.15) is 66.4 Å². The molecule has 2 aromatic heterocycles. The molecule has 2 unspecified atom stereocenters. The number of nitro groups is 1. The number of aromatic nitrogens is 4. The summed E-state index contributed by atoms with van der Waals surface area (Å²) in [6.07, 6.45) is -3.51. The number of H-pyrrole nitrogens is 1. The highest BCUT2D eigenvalue weighted by atomic mass is 28.4. The molecule has 48 heavy (non-hydrogen) atoms. The molecule has 1 aromatic carbocycles. The van der Waals surface area contributed by atoms with Gasteiger partial charge in [-0.3, -0.25) is 29.8 Å². The SMILES string of the molecule is CC(OC(=O)Nc1nc2c(ncn2[C@@H]2O[C@H](CO)[C@H](O[Si](C)(C)C(C)(C)C)C2O[Si](C)(C)C(C)(C)C)c(=O)[nH]1)c1ccccc1[N+](=O)[O-]. The van der Waals surface area contributed by atoms with Gasteiger partial charge in [-0.1, -0.05) is 53.7 Å². The summed E-state index contributed by atoms with van der Waals surface area (Å²) >= 11 is 0. The molecule has 0 aliphatic carbocycles. The summed E-state index contributed by atoms with van der Waals surface area (Å²) in [5, 5.41) is 24.1. The van der Waals surface area contributed by atoms with Crippen LogP contribution in [0.5, 0.6) is 0 Å². The standard InChI is InChI=1S/C31H48N6O9Si2/c1-18(19-14-12-13-15-20(19)37(41)42)43-29(40)35-28-33-25-22(26(39)34-28)32-17-36(25)27-24(46-48(10,11)31(5,6)7)23(21(16-38)44-27)45-47(8,9)30(2,3)4/h12-15,17-18,21,23-24,27,38H,16H2,1-11H3,(H2,33,34,35,39,40)/t18?,21-,23+,24?,27-/m1/s1. The average molecular weight is 705 g/mol. The van der Waals surface area contributed by atoms with Crippen molar-refractivity contribution in [1.29, 1.82) is 0 Å². The first-order valence-corrected chi connectivity index (χ1v) is 21.7. The maximum atomic E-state index is 13.1. The van der Waals surface area contributed by atoms with E-state index in [1.807, 2.05) is 0 Å². The molecule has 1 fully saturated rings. The van der Waals surface area contributed by atoms with E-state index in [2.05, 4.69) is 88.0 Å².